The van der Waals surface area contributed by atoms with Gasteiger partial charge < -0.3 is 14.4 Å². The highest BCUT2D eigenvalue weighted by Crippen LogP contribution is 2.31. The van der Waals surface area contributed by atoms with Crippen LogP contribution in [0.3, 0.4) is 0 Å². The second-order valence-electron chi connectivity index (χ2n) is 5.61. The third-order valence-electron chi connectivity index (χ3n) is 4.29. The molecule has 0 aromatic carbocycles. The average molecular weight is 297 g/mol. The summed E-state index contributed by atoms with van der Waals surface area (Å²) in [5.74, 6) is 1.66. The first-order valence-corrected chi connectivity index (χ1v) is 8.32. The Hall–Kier alpha value is -0.720. The van der Waals surface area contributed by atoms with Crippen LogP contribution in [-0.4, -0.2) is 48.9 Å². The molecular formula is C14H23N3O2S. The fourth-order valence-corrected chi connectivity index (χ4v) is 3.87. The minimum absolute atomic E-state index is 0.517. The molecule has 0 radical (unpaired) electrons. The van der Waals surface area contributed by atoms with Crippen LogP contribution in [0.4, 0.5) is 5.13 Å². The van der Waals surface area contributed by atoms with Crippen LogP contribution in [0, 0.1) is 5.92 Å². The summed E-state index contributed by atoms with van der Waals surface area (Å²) >= 11 is 1.52. The van der Waals surface area contributed by atoms with Crippen molar-refractivity contribution in [2.75, 3.05) is 38.3 Å². The quantitative estimate of drug-likeness (QED) is 0.833. The number of hydrogen-bond donors (Lipinski definition) is 0. The second-order valence-corrected chi connectivity index (χ2v) is 6.34. The molecule has 1 aromatic rings. The van der Waals surface area contributed by atoms with Crippen LogP contribution >= 0.6 is 11.5 Å². The Bertz CT molecular complexity index is 412. The topological polar surface area (TPSA) is 47.5 Å². The number of nitrogens with zero attached hydrogens (tertiary/aromatic N) is 3. The molecule has 3 heterocycles. The molecule has 0 bridgehead atoms. The molecule has 1 aromatic heterocycles. The predicted molar refractivity (Wildman–Crippen MR) is 79.4 cm³/mol. The van der Waals surface area contributed by atoms with Gasteiger partial charge in [-0.15, -0.1) is 0 Å². The van der Waals surface area contributed by atoms with Gasteiger partial charge in [-0.25, -0.2) is 4.98 Å². The molecular weight excluding hydrogens is 274 g/mol. The van der Waals surface area contributed by atoms with E-state index in [9.17, 15) is 0 Å². The van der Waals surface area contributed by atoms with Crippen molar-refractivity contribution in [1.29, 1.82) is 0 Å². The zero-order valence-corrected chi connectivity index (χ0v) is 12.9. The molecule has 1 unspecified atom stereocenters. The Morgan fingerprint density at radius 1 is 1.35 bits per heavy atom. The molecule has 5 nitrogen and oxygen atoms in total. The van der Waals surface area contributed by atoms with Crippen molar-refractivity contribution in [2.24, 2.45) is 5.92 Å². The van der Waals surface area contributed by atoms with E-state index in [4.69, 9.17) is 9.47 Å². The van der Waals surface area contributed by atoms with Gasteiger partial charge in [0, 0.05) is 44.8 Å². The fourth-order valence-electron chi connectivity index (χ4n) is 3.10. The van der Waals surface area contributed by atoms with Crippen LogP contribution < -0.4 is 4.90 Å². The van der Waals surface area contributed by atoms with Crippen LogP contribution in [0.25, 0.3) is 0 Å². The number of ether oxygens (including phenoxy) is 2. The number of hydrogen-bond acceptors (Lipinski definition) is 6. The van der Waals surface area contributed by atoms with Crippen molar-refractivity contribution in [3.05, 3.63) is 5.82 Å². The summed E-state index contributed by atoms with van der Waals surface area (Å²) in [6.07, 6.45) is 6.26. The number of piperidine rings is 1. The third-order valence-corrected chi connectivity index (χ3v) is 5.10. The van der Waals surface area contributed by atoms with E-state index in [0.29, 0.717) is 12.7 Å². The number of rotatable bonds is 5. The van der Waals surface area contributed by atoms with E-state index in [1.807, 2.05) is 0 Å². The first-order valence-electron chi connectivity index (χ1n) is 7.55. The Morgan fingerprint density at radius 2 is 2.20 bits per heavy atom. The van der Waals surface area contributed by atoms with Crippen LogP contribution in [0.2, 0.25) is 0 Å². The van der Waals surface area contributed by atoms with Crippen molar-refractivity contribution >= 4 is 16.7 Å². The van der Waals surface area contributed by atoms with Gasteiger partial charge in [0.15, 0.2) is 0 Å². The van der Waals surface area contributed by atoms with Gasteiger partial charge in [0.25, 0.3) is 0 Å². The van der Waals surface area contributed by atoms with Crippen molar-refractivity contribution in [3.8, 4) is 0 Å². The van der Waals surface area contributed by atoms with Crippen LogP contribution in [0.15, 0.2) is 0 Å². The molecule has 2 aliphatic rings. The molecule has 1 atom stereocenters. The van der Waals surface area contributed by atoms with E-state index in [0.717, 1.165) is 43.0 Å². The maximum atomic E-state index is 5.82. The Balaban J connectivity index is 1.51. The maximum absolute atomic E-state index is 5.82. The van der Waals surface area contributed by atoms with Crippen LogP contribution in [0.1, 0.15) is 31.5 Å². The smallest absolute Gasteiger partial charge is 0.205 e. The van der Waals surface area contributed by atoms with Gasteiger partial charge in [-0.3, -0.25) is 0 Å². The van der Waals surface area contributed by atoms with Crippen LogP contribution in [-0.2, 0) is 15.9 Å². The van der Waals surface area contributed by atoms with Gasteiger partial charge in [-0.05, 0) is 31.6 Å². The SMILES string of the molecule is COCCc1nsc(N2CCC(C3CCCO3)CC2)n1. The molecule has 0 saturated carbocycles. The first-order chi connectivity index (χ1) is 9.86. The van der Waals surface area contributed by atoms with Crippen molar-refractivity contribution in [2.45, 2.75) is 38.2 Å². The average Bonchev–Trinajstić information content (AvgIpc) is 3.17. The second kappa shape index (κ2) is 6.83. The Kier molecular flexibility index (Phi) is 4.86. The summed E-state index contributed by atoms with van der Waals surface area (Å²) < 4.78 is 15.3. The first kappa shape index (κ1) is 14.2. The minimum Gasteiger partial charge on any atom is -0.384 e. The largest absolute Gasteiger partial charge is 0.384 e. The Labute approximate surface area is 124 Å². The molecule has 2 aliphatic heterocycles. The van der Waals surface area contributed by atoms with E-state index in [1.54, 1.807) is 7.11 Å². The van der Waals surface area contributed by atoms with E-state index in [1.165, 1.54) is 37.2 Å². The Morgan fingerprint density at radius 3 is 2.90 bits per heavy atom. The highest BCUT2D eigenvalue weighted by atomic mass is 32.1. The fraction of sp³-hybridized carbons (Fsp3) is 0.857. The van der Waals surface area contributed by atoms with Crippen molar-refractivity contribution < 1.29 is 9.47 Å². The number of anilines is 1. The van der Waals surface area contributed by atoms with Gasteiger partial charge >= 0.3 is 0 Å². The van der Waals surface area contributed by atoms with Gasteiger partial charge in [-0.2, -0.15) is 4.37 Å². The van der Waals surface area contributed by atoms with E-state index < -0.39 is 0 Å². The normalized spacial score (nSPS) is 24.4. The molecule has 0 aliphatic carbocycles. The summed E-state index contributed by atoms with van der Waals surface area (Å²) in [5.41, 5.74) is 0. The van der Waals surface area contributed by atoms with Crippen molar-refractivity contribution in [1.82, 2.24) is 9.36 Å². The van der Waals surface area contributed by atoms with Gasteiger partial charge in [-0.1, -0.05) is 0 Å². The summed E-state index contributed by atoms with van der Waals surface area (Å²) in [5, 5.41) is 1.07. The lowest BCUT2D eigenvalue weighted by atomic mass is 9.90. The highest BCUT2D eigenvalue weighted by molar-refractivity contribution is 7.09. The van der Waals surface area contributed by atoms with Gasteiger partial charge in [0.2, 0.25) is 5.13 Å². The number of methoxy groups -OCH3 is 1. The molecule has 20 heavy (non-hydrogen) atoms. The summed E-state index contributed by atoms with van der Waals surface area (Å²) in [7, 11) is 1.71. The predicted octanol–water partition coefficient (Wildman–Crippen LogP) is 2.12. The summed E-state index contributed by atoms with van der Waals surface area (Å²) in [4.78, 5) is 6.99. The molecule has 2 fully saturated rings. The van der Waals surface area contributed by atoms with E-state index >= 15 is 0 Å². The standard InChI is InChI=1S/C14H23N3O2S/c1-18-10-6-13-15-14(20-16-13)17-7-4-11(5-8-17)12-3-2-9-19-12/h11-12H,2-10H2,1H3. The summed E-state index contributed by atoms with van der Waals surface area (Å²) in [6, 6.07) is 0. The van der Waals surface area contributed by atoms with Gasteiger partial charge in [0.1, 0.15) is 5.82 Å². The maximum Gasteiger partial charge on any atom is 0.205 e. The van der Waals surface area contributed by atoms with E-state index in [2.05, 4.69) is 14.3 Å². The highest BCUT2D eigenvalue weighted by Gasteiger charge is 2.30. The van der Waals surface area contributed by atoms with Crippen LogP contribution in [0.5, 0.6) is 0 Å². The lowest BCUT2D eigenvalue weighted by molar-refractivity contribution is 0.0531. The molecule has 2 saturated heterocycles. The lowest BCUT2D eigenvalue weighted by Crippen LogP contribution is -2.37. The van der Waals surface area contributed by atoms with E-state index in [-0.39, 0.29) is 0 Å². The minimum atomic E-state index is 0.517. The zero-order chi connectivity index (χ0) is 13.8. The molecule has 6 heteroatoms. The van der Waals surface area contributed by atoms with Gasteiger partial charge in [0.05, 0.1) is 12.7 Å². The monoisotopic (exact) mass is 297 g/mol. The molecule has 0 spiro atoms. The molecule has 0 N–H and O–H groups in total. The number of aromatic nitrogens is 2. The van der Waals surface area contributed by atoms with Crippen molar-refractivity contribution in [3.63, 3.8) is 0 Å². The summed E-state index contributed by atoms with van der Waals surface area (Å²) in [6.45, 7) is 3.83. The molecule has 3 rings (SSSR count). The molecule has 0 amide bonds. The third kappa shape index (κ3) is 3.30. The zero-order valence-electron chi connectivity index (χ0n) is 12.1. The lowest BCUT2D eigenvalue weighted by Gasteiger charge is -2.33. The molecule has 112 valence electrons.